The summed E-state index contributed by atoms with van der Waals surface area (Å²) in [5.74, 6) is -9.15. The predicted molar refractivity (Wildman–Crippen MR) is 52.3 cm³/mol. The monoisotopic (exact) mass is 276 g/mol. The summed E-state index contributed by atoms with van der Waals surface area (Å²) >= 11 is 5.88. The van der Waals surface area contributed by atoms with Crippen LogP contribution in [0.3, 0.4) is 0 Å². The second-order valence-corrected chi connectivity index (χ2v) is 4.27. The van der Waals surface area contributed by atoms with E-state index in [4.69, 9.17) is 11.6 Å². The van der Waals surface area contributed by atoms with Crippen LogP contribution < -0.4 is 0 Å². The van der Waals surface area contributed by atoms with Crippen LogP contribution in [0.25, 0.3) is 0 Å². The molecule has 0 saturated carbocycles. The Bertz CT molecular complexity index is 367. The van der Waals surface area contributed by atoms with Gasteiger partial charge in [-0.1, -0.05) is 0 Å². The summed E-state index contributed by atoms with van der Waals surface area (Å²) in [6.45, 7) is 0. The smallest absolute Gasteiger partial charge is 0.200 e. The van der Waals surface area contributed by atoms with E-state index in [0.717, 1.165) is 0 Å². The largest absolute Gasteiger partial charge is 0.202 e. The van der Waals surface area contributed by atoms with E-state index >= 15 is 0 Å². The fraction of sp³-hybridized carbons (Fsp3) is 0.333. The number of halogens is 6. The van der Waals surface area contributed by atoms with Gasteiger partial charge < -0.3 is 0 Å². The molecule has 16 heavy (non-hydrogen) atoms. The molecule has 0 bridgehead atoms. The molecular formula is C9H6ClF5S. The van der Waals surface area contributed by atoms with Gasteiger partial charge in [-0.25, -0.2) is 22.0 Å². The van der Waals surface area contributed by atoms with E-state index < -0.39 is 34.0 Å². The summed E-state index contributed by atoms with van der Waals surface area (Å²) in [5, 5.41) is 0. The molecule has 1 aromatic carbocycles. The summed E-state index contributed by atoms with van der Waals surface area (Å²) in [4.78, 5) is -0.860. The molecule has 0 fully saturated rings. The molecule has 0 radical (unpaired) electrons. The minimum Gasteiger partial charge on any atom is -0.202 e. The van der Waals surface area contributed by atoms with Crippen molar-refractivity contribution in [2.75, 3.05) is 11.6 Å². The normalized spacial score (nSPS) is 10.9. The number of benzene rings is 1. The van der Waals surface area contributed by atoms with Crippen molar-refractivity contribution in [1.29, 1.82) is 0 Å². The highest BCUT2D eigenvalue weighted by molar-refractivity contribution is 7.99. The lowest BCUT2D eigenvalue weighted by molar-refractivity contribution is 0.361. The van der Waals surface area contributed by atoms with Crippen LogP contribution in [0.5, 0.6) is 0 Å². The Morgan fingerprint density at radius 1 is 0.812 bits per heavy atom. The fourth-order valence-electron chi connectivity index (χ4n) is 0.940. The molecule has 0 unspecified atom stereocenters. The highest BCUT2D eigenvalue weighted by atomic mass is 35.5. The van der Waals surface area contributed by atoms with Crippen molar-refractivity contribution >= 4 is 23.4 Å². The summed E-state index contributed by atoms with van der Waals surface area (Å²) in [5.41, 5.74) is 0. The Hall–Kier alpha value is -0.490. The molecule has 0 aliphatic carbocycles. The zero-order valence-corrected chi connectivity index (χ0v) is 9.37. The Kier molecular flexibility index (Phi) is 4.86. The maximum atomic E-state index is 13.1. The summed E-state index contributed by atoms with van der Waals surface area (Å²) in [7, 11) is 0. The van der Waals surface area contributed by atoms with Crippen molar-refractivity contribution in [1.82, 2.24) is 0 Å². The van der Waals surface area contributed by atoms with Crippen molar-refractivity contribution in [2.45, 2.75) is 11.3 Å². The molecule has 0 aromatic heterocycles. The number of rotatable bonds is 4. The van der Waals surface area contributed by atoms with E-state index in [1.807, 2.05) is 0 Å². The molecule has 0 saturated heterocycles. The minimum atomic E-state index is -2.14. The number of alkyl halides is 1. The Labute approximate surface area is 97.8 Å². The predicted octanol–water partition coefficient (Wildman–Crippen LogP) is 4.10. The number of hydrogen-bond donors (Lipinski definition) is 0. The van der Waals surface area contributed by atoms with Crippen LogP contribution in [0.2, 0.25) is 0 Å². The summed E-state index contributed by atoms with van der Waals surface area (Å²) in [6, 6.07) is 0. The zero-order chi connectivity index (χ0) is 12.3. The molecule has 0 spiro atoms. The Morgan fingerprint density at radius 3 is 1.69 bits per heavy atom. The van der Waals surface area contributed by atoms with Crippen LogP contribution in [0.4, 0.5) is 22.0 Å². The summed E-state index contributed by atoms with van der Waals surface area (Å²) < 4.78 is 64.2. The standard InChI is InChI=1S/C9H6ClF5S/c10-2-1-3-16-9-7(14)5(12)4(11)6(13)8(9)15/h1-3H2. The first-order chi connectivity index (χ1) is 7.50. The molecule has 1 rings (SSSR count). The topological polar surface area (TPSA) is 0 Å². The van der Waals surface area contributed by atoms with Crippen LogP contribution in [0, 0.1) is 29.1 Å². The molecule has 0 nitrogen and oxygen atoms in total. The Balaban J connectivity index is 3.08. The van der Waals surface area contributed by atoms with Gasteiger partial charge in [0, 0.05) is 5.88 Å². The quantitative estimate of drug-likeness (QED) is 0.199. The maximum Gasteiger partial charge on any atom is 0.200 e. The van der Waals surface area contributed by atoms with Gasteiger partial charge in [0.25, 0.3) is 0 Å². The minimum absolute atomic E-state index is 0.182. The molecular weight excluding hydrogens is 271 g/mol. The molecule has 0 atom stereocenters. The van der Waals surface area contributed by atoms with Crippen LogP contribution in [0.15, 0.2) is 4.90 Å². The molecule has 0 amide bonds. The van der Waals surface area contributed by atoms with Crippen molar-refractivity contribution in [2.24, 2.45) is 0 Å². The molecule has 1 aromatic rings. The third-order valence-electron chi connectivity index (χ3n) is 1.69. The molecule has 0 heterocycles. The average Bonchev–Trinajstić information content (AvgIpc) is 2.28. The molecule has 0 N–H and O–H groups in total. The van der Waals surface area contributed by atoms with Gasteiger partial charge >= 0.3 is 0 Å². The van der Waals surface area contributed by atoms with Crippen molar-refractivity contribution < 1.29 is 22.0 Å². The maximum absolute atomic E-state index is 13.1. The van der Waals surface area contributed by atoms with Crippen LogP contribution >= 0.6 is 23.4 Å². The summed E-state index contributed by atoms with van der Waals surface area (Å²) in [6.07, 6.45) is 0.408. The van der Waals surface area contributed by atoms with E-state index in [2.05, 4.69) is 0 Å². The third kappa shape index (κ3) is 2.60. The number of hydrogen-bond acceptors (Lipinski definition) is 1. The average molecular weight is 277 g/mol. The number of thioether (sulfide) groups is 1. The molecule has 0 aliphatic heterocycles. The van der Waals surface area contributed by atoms with Gasteiger partial charge in [-0.3, -0.25) is 0 Å². The van der Waals surface area contributed by atoms with Crippen molar-refractivity contribution in [3.63, 3.8) is 0 Å². The van der Waals surface area contributed by atoms with Gasteiger partial charge in [-0.2, -0.15) is 0 Å². The SMILES string of the molecule is Fc1c(F)c(F)c(SCCCCl)c(F)c1F. The van der Waals surface area contributed by atoms with E-state index in [0.29, 0.717) is 18.2 Å². The first-order valence-corrected chi connectivity index (χ1v) is 5.73. The van der Waals surface area contributed by atoms with E-state index in [1.165, 1.54) is 0 Å². The van der Waals surface area contributed by atoms with Crippen molar-refractivity contribution in [3.05, 3.63) is 29.1 Å². The van der Waals surface area contributed by atoms with Gasteiger partial charge in [-0.05, 0) is 12.2 Å². The first-order valence-electron chi connectivity index (χ1n) is 4.20. The lowest BCUT2D eigenvalue weighted by Gasteiger charge is -2.06. The van der Waals surface area contributed by atoms with Crippen LogP contribution in [-0.4, -0.2) is 11.6 Å². The lowest BCUT2D eigenvalue weighted by Crippen LogP contribution is -2.03. The van der Waals surface area contributed by atoms with E-state index in [1.54, 1.807) is 0 Å². The van der Waals surface area contributed by atoms with Crippen LogP contribution in [-0.2, 0) is 0 Å². The Morgan fingerprint density at radius 2 is 1.25 bits per heavy atom. The van der Waals surface area contributed by atoms with Gasteiger partial charge in [0.1, 0.15) is 0 Å². The van der Waals surface area contributed by atoms with Crippen molar-refractivity contribution in [3.8, 4) is 0 Å². The second-order valence-electron chi connectivity index (χ2n) is 2.79. The van der Waals surface area contributed by atoms with E-state index in [-0.39, 0.29) is 11.6 Å². The van der Waals surface area contributed by atoms with Gasteiger partial charge in [0.05, 0.1) is 4.90 Å². The second kappa shape index (κ2) is 5.72. The lowest BCUT2D eigenvalue weighted by atomic mass is 10.3. The fourth-order valence-corrected chi connectivity index (χ4v) is 2.16. The molecule has 90 valence electrons. The highest BCUT2D eigenvalue weighted by Gasteiger charge is 2.25. The molecule has 0 aliphatic rings. The van der Waals surface area contributed by atoms with Crippen LogP contribution in [0.1, 0.15) is 6.42 Å². The van der Waals surface area contributed by atoms with Gasteiger partial charge in [0.15, 0.2) is 23.3 Å². The third-order valence-corrected chi connectivity index (χ3v) is 3.10. The van der Waals surface area contributed by atoms with Gasteiger partial charge in [-0.15, -0.1) is 23.4 Å². The first kappa shape index (κ1) is 13.6. The highest BCUT2D eigenvalue weighted by Crippen LogP contribution is 2.31. The van der Waals surface area contributed by atoms with E-state index in [9.17, 15) is 22.0 Å². The molecule has 7 heteroatoms. The van der Waals surface area contributed by atoms with Gasteiger partial charge in [0.2, 0.25) is 5.82 Å². The zero-order valence-electron chi connectivity index (χ0n) is 7.80.